The minimum atomic E-state index is -0.490. The molecule has 2 aromatic rings. The van der Waals surface area contributed by atoms with Gasteiger partial charge < -0.3 is 11.1 Å². The molecular formula is C13H13BrClFN4O. The number of amides is 1. The molecule has 3 N–H and O–H groups in total. The maximum absolute atomic E-state index is 13.1. The lowest BCUT2D eigenvalue weighted by Crippen LogP contribution is -2.21. The molecule has 0 bridgehead atoms. The van der Waals surface area contributed by atoms with E-state index in [0.29, 0.717) is 27.2 Å². The predicted molar refractivity (Wildman–Crippen MR) is 83.9 cm³/mol. The van der Waals surface area contributed by atoms with Crippen LogP contribution in [0, 0.1) is 19.7 Å². The summed E-state index contributed by atoms with van der Waals surface area (Å²) < 4.78 is 15.0. The van der Waals surface area contributed by atoms with Crippen molar-refractivity contribution in [3.05, 3.63) is 38.8 Å². The number of carbonyl (C=O) groups excluding carboxylic acids is 1. The number of hydrogen-bond donors (Lipinski definition) is 2. The molecule has 0 spiro atoms. The van der Waals surface area contributed by atoms with E-state index in [1.54, 1.807) is 13.8 Å². The van der Waals surface area contributed by atoms with Crippen molar-refractivity contribution in [1.29, 1.82) is 0 Å². The molecule has 1 heterocycles. The quantitative estimate of drug-likeness (QED) is 0.865. The lowest BCUT2D eigenvalue weighted by atomic mass is 10.3. The predicted octanol–water partition coefficient (Wildman–Crippen LogP) is 3.28. The highest BCUT2D eigenvalue weighted by Crippen LogP contribution is 2.31. The molecule has 0 aliphatic rings. The van der Waals surface area contributed by atoms with Gasteiger partial charge in [0.15, 0.2) is 0 Å². The van der Waals surface area contributed by atoms with Gasteiger partial charge in [0, 0.05) is 4.47 Å². The lowest BCUT2D eigenvalue weighted by molar-refractivity contribution is -0.116. The van der Waals surface area contributed by atoms with Crippen LogP contribution in [0.15, 0.2) is 16.6 Å². The number of halogens is 3. The highest BCUT2D eigenvalue weighted by Gasteiger charge is 2.14. The van der Waals surface area contributed by atoms with Crippen LogP contribution in [0.1, 0.15) is 11.4 Å². The van der Waals surface area contributed by atoms with Gasteiger partial charge >= 0.3 is 0 Å². The normalized spacial score (nSPS) is 10.7. The number of anilines is 2. The molecule has 0 aliphatic heterocycles. The van der Waals surface area contributed by atoms with Gasteiger partial charge in [-0.3, -0.25) is 9.48 Å². The SMILES string of the molecule is Cc1nn(CC(=O)Nc2c(Cl)cc(F)cc2Br)c(C)c1N. The summed E-state index contributed by atoms with van der Waals surface area (Å²) in [5, 5.41) is 6.91. The van der Waals surface area contributed by atoms with Crippen LogP contribution in [-0.2, 0) is 11.3 Å². The van der Waals surface area contributed by atoms with E-state index in [0.717, 1.165) is 6.07 Å². The molecule has 5 nitrogen and oxygen atoms in total. The van der Waals surface area contributed by atoms with Crippen LogP contribution < -0.4 is 11.1 Å². The summed E-state index contributed by atoms with van der Waals surface area (Å²) in [7, 11) is 0. The molecule has 2 rings (SSSR count). The second-order valence-electron chi connectivity index (χ2n) is 4.53. The molecule has 0 saturated heterocycles. The number of hydrogen-bond acceptors (Lipinski definition) is 3. The third-order valence-electron chi connectivity index (χ3n) is 3.00. The van der Waals surface area contributed by atoms with Gasteiger partial charge in [0.05, 0.1) is 27.8 Å². The van der Waals surface area contributed by atoms with E-state index >= 15 is 0 Å². The van der Waals surface area contributed by atoms with Crippen molar-refractivity contribution < 1.29 is 9.18 Å². The lowest BCUT2D eigenvalue weighted by Gasteiger charge is -2.10. The van der Waals surface area contributed by atoms with Crippen molar-refractivity contribution >= 4 is 44.8 Å². The van der Waals surface area contributed by atoms with Crippen LogP contribution in [0.25, 0.3) is 0 Å². The molecule has 1 aromatic heterocycles. The number of nitrogens with zero attached hydrogens (tertiary/aromatic N) is 2. The van der Waals surface area contributed by atoms with E-state index in [1.807, 2.05) is 0 Å². The van der Waals surface area contributed by atoms with Gasteiger partial charge in [-0.05, 0) is 41.9 Å². The fraction of sp³-hybridized carbons (Fsp3) is 0.231. The Morgan fingerprint density at radius 1 is 1.52 bits per heavy atom. The highest BCUT2D eigenvalue weighted by molar-refractivity contribution is 9.10. The molecular weight excluding hydrogens is 363 g/mol. The minimum Gasteiger partial charge on any atom is -0.396 e. The van der Waals surface area contributed by atoms with Gasteiger partial charge in [0.25, 0.3) is 0 Å². The maximum atomic E-state index is 13.1. The molecule has 0 aliphatic carbocycles. The van der Waals surface area contributed by atoms with Crippen molar-refractivity contribution in [2.45, 2.75) is 20.4 Å². The second-order valence-corrected chi connectivity index (χ2v) is 5.80. The summed E-state index contributed by atoms with van der Waals surface area (Å²) in [5.41, 5.74) is 8.07. The van der Waals surface area contributed by atoms with Crippen LogP contribution in [0.2, 0.25) is 5.02 Å². The zero-order valence-electron chi connectivity index (χ0n) is 11.4. The number of carbonyl (C=O) groups is 1. The monoisotopic (exact) mass is 374 g/mol. The molecule has 0 saturated carbocycles. The van der Waals surface area contributed by atoms with Gasteiger partial charge in [-0.25, -0.2) is 4.39 Å². The Balaban J connectivity index is 2.17. The fourth-order valence-electron chi connectivity index (χ4n) is 1.84. The third-order valence-corrected chi connectivity index (χ3v) is 3.93. The van der Waals surface area contributed by atoms with E-state index in [2.05, 4.69) is 26.3 Å². The zero-order valence-corrected chi connectivity index (χ0v) is 13.7. The van der Waals surface area contributed by atoms with Crippen LogP contribution in [0.4, 0.5) is 15.8 Å². The van der Waals surface area contributed by atoms with Crippen LogP contribution in [0.5, 0.6) is 0 Å². The van der Waals surface area contributed by atoms with Crippen molar-refractivity contribution in [2.24, 2.45) is 0 Å². The average Bonchev–Trinajstić information content (AvgIpc) is 2.61. The third kappa shape index (κ3) is 3.36. The summed E-state index contributed by atoms with van der Waals surface area (Å²) in [6.45, 7) is 3.54. The fourth-order valence-corrected chi connectivity index (χ4v) is 2.74. The smallest absolute Gasteiger partial charge is 0.246 e. The summed E-state index contributed by atoms with van der Waals surface area (Å²) in [6.07, 6.45) is 0. The Bertz CT molecular complexity index is 693. The minimum absolute atomic E-state index is 0.00990. The standard InChI is InChI=1S/C13H13BrClFN4O/c1-6-12(17)7(2)20(19-6)5-11(21)18-13-9(14)3-8(16)4-10(13)15/h3-4H,5,17H2,1-2H3,(H,18,21). The topological polar surface area (TPSA) is 72.9 Å². The van der Waals surface area contributed by atoms with Gasteiger partial charge in [0.1, 0.15) is 12.4 Å². The largest absolute Gasteiger partial charge is 0.396 e. The van der Waals surface area contributed by atoms with E-state index in [9.17, 15) is 9.18 Å². The van der Waals surface area contributed by atoms with Crippen molar-refractivity contribution in [2.75, 3.05) is 11.1 Å². The number of nitrogen functional groups attached to an aromatic ring is 1. The number of benzene rings is 1. The molecule has 0 atom stereocenters. The van der Waals surface area contributed by atoms with Gasteiger partial charge in [-0.1, -0.05) is 11.6 Å². The van der Waals surface area contributed by atoms with Crippen molar-refractivity contribution in [3.8, 4) is 0 Å². The Morgan fingerprint density at radius 2 is 2.19 bits per heavy atom. The second kappa shape index (κ2) is 6.03. The Labute approximate surface area is 134 Å². The van der Waals surface area contributed by atoms with E-state index in [4.69, 9.17) is 17.3 Å². The van der Waals surface area contributed by atoms with Crippen molar-refractivity contribution in [3.63, 3.8) is 0 Å². The zero-order chi connectivity index (χ0) is 15.7. The summed E-state index contributed by atoms with van der Waals surface area (Å²) in [6, 6.07) is 2.35. The van der Waals surface area contributed by atoms with E-state index in [-0.39, 0.29) is 17.5 Å². The number of rotatable bonds is 3. The average molecular weight is 376 g/mol. The maximum Gasteiger partial charge on any atom is 0.246 e. The van der Waals surface area contributed by atoms with E-state index < -0.39 is 5.82 Å². The highest BCUT2D eigenvalue weighted by atomic mass is 79.9. The Morgan fingerprint density at radius 3 is 2.71 bits per heavy atom. The molecule has 0 unspecified atom stereocenters. The summed E-state index contributed by atoms with van der Waals surface area (Å²) >= 11 is 9.08. The molecule has 0 fully saturated rings. The Hall–Kier alpha value is -1.60. The first-order chi connectivity index (χ1) is 9.79. The number of aromatic nitrogens is 2. The van der Waals surface area contributed by atoms with Gasteiger partial charge in [-0.15, -0.1) is 0 Å². The van der Waals surface area contributed by atoms with Crippen LogP contribution in [0.3, 0.4) is 0 Å². The van der Waals surface area contributed by atoms with Gasteiger partial charge in [0.2, 0.25) is 5.91 Å². The molecule has 112 valence electrons. The van der Waals surface area contributed by atoms with Crippen molar-refractivity contribution in [1.82, 2.24) is 9.78 Å². The Kier molecular flexibility index (Phi) is 4.53. The van der Waals surface area contributed by atoms with E-state index in [1.165, 1.54) is 10.7 Å². The van der Waals surface area contributed by atoms with Crippen LogP contribution >= 0.6 is 27.5 Å². The first-order valence-corrected chi connectivity index (χ1v) is 7.20. The number of nitrogens with two attached hydrogens (primary N) is 1. The molecule has 8 heteroatoms. The number of nitrogens with one attached hydrogen (secondary N) is 1. The number of aryl methyl sites for hydroxylation is 1. The molecule has 1 amide bonds. The summed E-state index contributed by atoms with van der Waals surface area (Å²) in [4.78, 5) is 12.1. The first kappa shape index (κ1) is 15.8. The summed E-state index contributed by atoms with van der Waals surface area (Å²) in [5.74, 6) is -0.828. The molecule has 21 heavy (non-hydrogen) atoms. The molecule has 0 radical (unpaired) electrons. The first-order valence-electron chi connectivity index (χ1n) is 6.03. The van der Waals surface area contributed by atoms with Crippen LogP contribution in [-0.4, -0.2) is 15.7 Å². The van der Waals surface area contributed by atoms with Gasteiger partial charge in [-0.2, -0.15) is 5.10 Å². The molecule has 1 aromatic carbocycles.